The lowest BCUT2D eigenvalue weighted by Gasteiger charge is -2.32. The Morgan fingerprint density at radius 2 is 2.05 bits per heavy atom. The maximum absolute atomic E-state index is 6.10. The molecule has 0 radical (unpaired) electrons. The van der Waals surface area contributed by atoms with Crippen LogP contribution in [0, 0.1) is 0 Å². The van der Waals surface area contributed by atoms with E-state index in [0.29, 0.717) is 0 Å². The minimum absolute atomic E-state index is 0.732. The van der Waals surface area contributed by atoms with E-state index < -0.39 is 0 Å². The summed E-state index contributed by atoms with van der Waals surface area (Å²) in [5, 5.41) is 4.25. The molecule has 2 heterocycles. The molecule has 0 spiro atoms. The van der Waals surface area contributed by atoms with Gasteiger partial charge in [-0.1, -0.05) is 27.5 Å². The summed E-state index contributed by atoms with van der Waals surface area (Å²) < 4.78 is 1.16. The van der Waals surface area contributed by atoms with E-state index in [4.69, 9.17) is 11.6 Å². The molecule has 0 aliphatic carbocycles. The molecule has 2 aliphatic heterocycles. The second-order valence-electron chi connectivity index (χ2n) is 5.70. The van der Waals surface area contributed by atoms with Crippen molar-refractivity contribution in [1.82, 2.24) is 15.1 Å². The van der Waals surface area contributed by atoms with Crippen LogP contribution < -0.4 is 5.32 Å². The summed E-state index contributed by atoms with van der Waals surface area (Å²) in [5.41, 5.74) is 1.29. The third kappa shape index (κ3) is 3.55. The molecule has 1 unspecified atom stereocenters. The van der Waals surface area contributed by atoms with Crippen LogP contribution in [0.1, 0.15) is 12.0 Å². The van der Waals surface area contributed by atoms with Crippen molar-refractivity contribution < 1.29 is 0 Å². The molecule has 3 rings (SSSR count). The van der Waals surface area contributed by atoms with E-state index >= 15 is 0 Å². The molecule has 5 heteroatoms. The first-order chi connectivity index (χ1) is 9.72. The van der Waals surface area contributed by atoms with Crippen LogP contribution in [-0.4, -0.2) is 55.1 Å². The van der Waals surface area contributed by atoms with E-state index in [0.717, 1.165) is 35.2 Å². The lowest BCUT2D eigenvalue weighted by atomic mass is 10.2. The van der Waals surface area contributed by atoms with Crippen LogP contribution in [0.3, 0.4) is 0 Å². The Bertz CT molecular complexity index is 462. The fraction of sp³-hybridized carbons (Fsp3) is 0.600. The summed E-state index contributed by atoms with van der Waals surface area (Å²) in [4.78, 5) is 5.19. The van der Waals surface area contributed by atoms with Crippen molar-refractivity contribution in [1.29, 1.82) is 0 Å². The molecule has 20 heavy (non-hydrogen) atoms. The molecular formula is C15H21BrClN3. The van der Waals surface area contributed by atoms with Gasteiger partial charge in [0.25, 0.3) is 0 Å². The van der Waals surface area contributed by atoms with Gasteiger partial charge < -0.3 is 5.32 Å². The quantitative estimate of drug-likeness (QED) is 0.896. The smallest absolute Gasteiger partial charge is 0.0410 e. The zero-order valence-electron chi connectivity index (χ0n) is 11.6. The predicted molar refractivity (Wildman–Crippen MR) is 87.3 cm³/mol. The maximum Gasteiger partial charge on any atom is 0.0410 e. The lowest BCUT2D eigenvalue weighted by Crippen LogP contribution is -2.49. The number of likely N-dealkylation sites (tertiary alicyclic amines) is 1. The zero-order chi connectivity index (χ0) is 13.9. The Morgan fingerprint density at radius 3 is 2.85 bits per heavy atom. The van der Waals surface area contributed by atoms with Crippen LogP contribution in [0.15, 0.2) is 22.7 Å². The third-order valence-corrected chi connectivity index (χ3v) is 5.33. The summed E-state index contributed by atoms with van der Waals surface area (Å²) >= 11 is 9.72. The average molecular weight is 359 g/mol. The molecule has 1 N–H and O–H groups in total. The van der Waals surface area contributed by atoms with Gasteiger partial charge in [0.15, 0.2) is 0 Å². The second kappa shape index (κ2) is 6.75. The van der Waals surface area contributed by atoms with Gasteiger partial charge >= 0.3 is 0 Å². The zero-order valence-corrected chi connectivity index (χ0v) is 14.0. The number of hydrogen-bond donors (Lipinski definition) is 1. The largest absolute Gasteiger partial charge is 0.314 e. The molecular weight excluding hydrogens is 338 g/mol. The van der Waals surface area contributed by atoms with Gasteiger partial charge in [-0.25, -0.2) is 0 Å². The first-order valence-electron chi connectivity index (χ1n) is 7.33. The van der Waals surface area contributed by atoms with Crippen LogP contribution in [0.25, 0.3) is 0 Å². The van der Waals surface area contributed by atoms with E-state index in [9.17, 15) is 0 Å². The van der Waals surface area contributed by atoms with Crippen LogP contribution in [0.2, 0.25) is 5.02 Å². The second-order valence-corrected chi connectivity index (χ2v) is 6.99. The highest BCUT2D eigenvalue weighted by Crippen LogP contribution is 2.25. The summed E-state index contributed by atoms with van der Waals surface area (Å²) in [6, 6.07) is 6.78. The van der Waals surface area contributed by atoms with Gasteiger partial charge in [-0.2, -0.15) is 0 Å². The molecule has 1 aromatic rings. The summed E-state index contributed by atoms with van der Waals surface area (Å²) in [7, 11) is 0. The fourth-order valence-corrected chi connectivity index (χ4v) is 3.77. The van der Waals surface area contributed by atoms with Crippen LogP contribution >= 0.6 is 27.5 Å². The molecule has 0 bridgehead atoms. The van der Waals surface area contributed by atoms with Gasteiger partial charge in [-0.3, -0.25) is 9.80 Å². The Kier molecular flexibility index (Phi) is 5.00. The topological polar surface area (TPSA) is 18.5 Å². The number of nitrogens with one attached hydrogen (secondary N) is 1. The summed E-state index contributed by atoms with van der Waals surface area (Å²) in [6.45, 7) is 8.02. The van der Waals surface area contributed by atoms with Crippen LogP contribution in [-0.2, 0) is 6.54 Å². The van der Waals surface area contributed by atoms with E-state index in [1.807, 2.05) is 12.1 Å². The van der Waals surface area contributed by atoms with Gasteiger partial charge in [-0.05, 0) is 30.2 Å². The molecule has 1 atom stereocenters. The van der Waals surface area contributed by atoms with Crippen molar-refractivity contribution in [2.45, 2.75) is 19.0 Å². The normalized spacial score (nSPS) is 25.2. The molecule has 0 saturated carbocycles. The van der Waals surface area contributed by atoms with Crippen LogP contribution in [0.5, 0.6) is 0 Å². The molecule has 0 amide bonds. The Labute approximate surface area is 134 Å². The van der Waals surface area contributed by atoms with Gasteiger partial charge in [0.05, 0.1) is 0 Å². The number of benzene rings is 1. The molecule has 1 aromatic carbocycles. The van der Waals surface area contributed by atoms with Gasteiger partial charge in [0.1, 0.15) is 0 Å². The molecule has 2 saturated heterocycles. The van der Waals surface area contributed by atoms with E-state index in [-0.39, 0.29) is 0 Å². The van der Waals surface area contributed by atoms with Crippen molar-refractivity contribution >= 4 is 27.5 Å². The number of halogens is 2. The first-order valence-corrected chi connectivity index (χ1v) is 8.50. The third-order valence-electron chi connectivity index (χ3n) is 4.32. The first kappa shape index (κ1) is 14.8. The highest BCUT2D eigenvalue weighted by atomic mass is 79.9. The van der Waals surface area contributed by atoms with Gasteiger partial charge in [0, 0.05) is 61.4 Å². The summed E-state index contributed by atoms with van der Waals surface area (Å²) in [5.74, 6) is 0. The SMILES string of the molecule is Clc1ccc(Br)c(CN2CCC(N3CCNCC3)C2)c1. The van der Waals surface area contributed by atoms with Crippen molar-refractivity contribution in [2.75, 3.05) is 39.3 Å². The molecule has 2 aliphatic rings. The molecule has 2 fully saturated rings. The highest BCUT2D eigenvalue weighted by molar-refractivity contribution is 9.10. The Hall–Kier alpha value is -0.130. The maximum atomic E-state index is 6.10. The van der Waals surface area contributed by atoms with Crippen molar-refractivity contribution in [3.8, 4) is 0 Å². The fourth-order valence-electron chi connectivity index (χ4n) is 3.21. The van der Waals surface area contributed by atoms with E-state index in [1.165, 1.54) is 38.2 Å². The Balaban J connectivity index is 1.58. The number of nitrogens with zero attached hydrogens (tertiary/aromatic N) is 2. The van der Waals surface area contributed by atoms with Gasteiger partial charge in [0.2, 0.25) is 0 Å². The van der Waals surface area contributed by atoms with Gasteiger partial charge in [-0.15, -0.1) is 0 Å². The minimum atomic E-state index is 0.732. The Morgan fingerprint density at radius 1 is 1.25 bits per heavy atom. The lowest BCUT2D eigenvalue weighted by molar-refractivity contribution is 0.170. The summed E-state index contributed by atoms with van der Waals surface area (Å²) in [6.07, 6.45) is 1.29. The highest BCUT2D eigenvalue weighted by Gasteiger charge is 2.28. The predicted octanol–water partition coefficient (Wildman–Crippen LogP) is 2.58. The van der Waals surface area contributed by atoms with E-state index in [2.05, 4.69) is 37.1 Å². The molecule has 3 nitrogen and oxygen atoms in total. The van der Waals surface area contributed by atoms with Crippen molar-refractivity contribution in [3.05, 3.63) is 33.3 Å². The minimum Gasteiger partial charge on any atom is -0.314 e. The monoisotopic (exact) mass is 357 g/mol. The molecule has 0 aromatic heterocycles. The van der Waals surface area contributed by atoms with E-state index in [1.54, 1.807) is 0 Å². The number of piperazine rings is 1. The molecule has 110 valence electrons. The number of rotatable bonds is 3. The van der Waals surface area contributed by atoms with Crippen LogP contribution in [0.4, 0.5) is 0 Å². The number of hydrogen-bond acceptors (Lipinski definition) is 3. The van der Waals surface area contributed by atoms with Crippen molar-refractivity contribution in [2.24, 2.45) is 0 Å². The van der Waals surface area contributed by atoms with Crippen molar-refractivity contribution in [3.63, 3.8) is 0 Å². The standard InChI is InChI=1S/C15H21BrClN3/c16-15-2-1-13(17)9-12(15)10-19-6-3-14(11-19)20-7-4-18-5-8-20/h1-2,9,14,18H,3-8,10-11H2. The average Bonchev–Trinajstić information content (AvgIpc) is 2.92.